The largest absolute Gasteiger partial charge is 0.444 e. The fourth-order valence-electron chi connectivity index (χ4n) is 4.75. The number of anilines is 2. The third kappa shape index (κ3) is 6.51. The number of nitrogens with zero attached hydrogens (tertiary/aromatic N) is 4. The summed E-state index contributed by atoms with van der Waals surface area (Å²) < 4.78 is 73.9. The SMILES string of the molecule is CN1CCc2cc(Nc3ncc(C(F)(F)F)c(-c4cc5c(s4)CN(C(=O)OC(C)(C)C)CCS5(=O)=O)n3)c(Cl)cc2C1. The highest BCUT2D eigenvalue weighted by atomic mass is 35.5. The number of benzene rings is 1. The average molecular weight is 644 g/mol. The molecule has 0 saturated heterocycles. The van der Waals surface area contributed by atoms with E-state index < -0.39 is 44.7 Å². The number of fused-ring (bicyclic) bond motifs is 2. The van der Waals surface area contributed by atoms with Crippen molar-refractivity contribution >= 4 is 50.5 Å². The Morgan fingerprint density at radius 2 is 1.86 bits per heavy atom. The minimum absolute atomic E-state index is 0.0213. The molecule has 4 heterocycles. The van der Waals surface area contributed by atoms with E-state index in [9.17, 15) is 26.4 Å². The molecule has 2 aromatic heterocycles. The number of nitrogens with one attached hydrogen (secondary N) is 1. The molecule has 0 aliphatic carbocycles. The van der Waals surface area contributed by atoms with Gasteiger partial charge in [-0.05, 0) is 63.6 Å². The first-order valence-corrected chi connectivity index (χ1v) is 15.9. The first-order valence-electron chi connectivity index (χ1n) is 13.0. The van der Waals surface area contributed by atoms with Crippen LogP contribution in [0, 0.1) is 0 Å². The maximum atomic E-state index is 14.1. The van der Waals surface area contributed by atoms with Crippen LogP contribution in [0.4, 0.5) is 29.6 Å². The molecule has 2 aliphatic rings. The highest BCUT2D eigenvalue weighted by Gasteiger charge is 2.38. The molecule has 42 heavy (non-hydrogen) atoms. The van der Waals surface area contributed by atoms with E-state index in [1.165, 1.54) is 11.0 Å². The number of carbonyl (C=O) groups excluding carboxylic acids is 1. The molecule has 0 saturated carbocycles. The number of hydrogen-bond acceptors (Lipinski definition) is 9. The summed E-state index contributed by atoms with van der Waals surface area (Å²) >= 11 is 7.32. The molecule has 0 radical (unpaired) electrons. The summed E-state index contributed by atoms with van der Waals surface area (Å²) in [7, 11) is -1.90. The summed E-state index contributed by atoms with van der Waals surface area (Å²) in [5.74, 6) is -0.528. The van der Waals surface area contributed by atoms with E-state index >= 15 is 0 Å². The molecule has 2 aliphatic heterocycles. The summed E-state index contributed by atoms with van der Waals surface area (Å²) in [6, 6.07) is 4.85. The first-order chi connectivity index (χ1) is 19.5. The second-order valence-electron chi connectivity index (χ2n) is 11.3. The summed E-state index contributed by atoms with van der Waals surface area (Å²) in [5.41, 5.74) is 0.167. The van der Waals surface area contributed by atoms with Crippen LogP contribution in [0.15, 0.2) is 29.3 Å². The normalized spacial score (nSPS) is 17.3. The van der Waals surface area contributed by atoms with Crippen molar-refractivity contribution in [2.24, 2.45) is 0 Å². The van der Waals surface area contributed by atoms with Gasteiger partial charge < -0.3 is 19.9 Å². The predicted molar refractivity (Wildman–Crippen MR) is 154 cm³/mol. The number of ether oxygens (including phenoxy) is 1. The molecule has 1 aromatic carbocycles. The lowest BCUT2D eigenvalue weighted by Gasteiger charge is -2.26. The summed E-state index contributed by atoms with van der Waals surface area (Å²) in [5, 5.41) is 3.30. The number of halogens is 4. The third-order valence-electron chi connectivity index (χ3n) is 6.79. The molecule has 1 amide bonds. The summed E-state index contributed by atoms with van der Waals surface area (Å²) in [4.78, 5) is 24.3. The molecule has 3 aromatic rings. The van der Waals surface area contributed by atoms with Gasteiger partial charge in [-0.25, -0.2) is 23.2 Å². The fraction of sp³-hybridized carbons (Fsp3) is 0.444. The van der Waals surface area contributed by atoms with Gasteiger partial charge in [0.25, 0.3) is 0 Å². The number of rotatable bonds is 3. The second kappa shape index (κ2) is 11.0. The van der Waals surface area contributed by atoms with Crippen LogP contribution < -0.4 is 5.32 Å². The van der Waals surface area contributed by atoms with Gasteiger partial charge in [-0.2, -0.15) is 13.2 Å². The first kappa shape index (κ1) is 30.5. The van der Waals surface area contributed by atoms with Crippen LogP contribution in [0.3, 0.4) is 0 Å². The average Bonchev–Trinajstić information content (AvgIpc) is 3.25. The quantitative estimate of drug-likeness (QED) is 0.363. The van der Waals surface area contributed by atoms with E-state index in [1.807, 2.05) is 19.2 Å². The van der Waals surface area contributed by atoms with Gasteiger partial charge in [0.05, 0.1) is 38.5 Å². The van der Waals surface area contributed by atoms with E-state index in [4.69, 9.17) is 16.3 Å². The molecule has 226 valence electrons. The van der Waals surface area contributed by atoms with Crippen LogP contribution in [0.25, 0.3) is 10.6 Å². The topological polar surface area (TPSA) is 105 Å². The van der Waals surface area contributed by atoms with Crippen molar-refractivity contribution in [3.63, 3.8) is 0 Å². The second-order valence-corrected chi connectivity index (χ2v) is 14.9. The van der Waals surface area contributed by atoms with Crippen molar-refractivity contribution in [3.8, 4) is 10.6 Å². The van der Waals surface area contributed by atoms with Crippen LogP contribution >= 0.6 is 22.9 Å². The fourth-order valence-corrected chi connectivity index (χ4v) is 8.03. The van der Waals surface area contributed by atoms with Gasteiger partial charge in [0, 0.05) is 30.7 Å². The Balaban J connectivity index is 1.53. The van der Waals surface area contributed by atoms with Gasteiger partial charge >= 0.3 is 12.3 Å². The number of sulfone groups is 1. The molecule has 1 N–H and O–H groups in total. The minimum Gasteiger partial charge on any atom is -0.444 e. The van der Waals surface area contributed by atoms with Crippen molar-refractivity contribution in [2.45, 2.75) is 57.0 Å². The van der Waals surface area contributed by atoms with Gasteiger partial charge in [-0.1, -0.05) is 11.6 Å². The minimum atomic E-state index is -4.81. The monoisotopic (exact) mass is 643 g/mol. The van der Waals surface area contributed by atoms with E-state index in [0.29, 0.717) is 16.9 Å². The van der Waals surface area contributed by atoms with Crippen LogP contribution in [-0.4, -0.2) is 65.8 Å². The highest BCUT2D eigenvalue weighted by Crippen LogP contribution is 2.42. The number of aromatic nitrogens is 2. The molecule has 15 heteroatoms. The number of likely N-dealkylation sites (N-methyl/N-ethyl adjacent to an activating group) is 1. The van der Waals surface area contributed by atoms with E-state index in [-0.39, 0.29) is 33.7 Å². The zero-order valence-electron chi connectivity index (χ0n) is 23.3. The Bertz CT molecular complexity index is 1650. The van der Waals surface area contributed by atoms with E-state index in [0.717, 1.165) is 42.0 Å². The Kier molecular flexibility index (Phi) is 7.96. The molecule has 0 spiro atoms. The lowest BCUT2D eigenvalue weighted by Crippen LogP contribution is -2.37. The van der Waals surface area contributed by atoms with Crippen LogP contribution in [0.5, 0.6) is 0 Å². The molecular weight excluding hydrogens is 615 g/mol. The molecule has 0 fully saturated rings. The number of carbonyl (C=O) groups is 1. The smallest absolute Gasteiger partial charge is 0.420 e. The van der Waals surface area contributed by atoms with Gasteiger partial charge in [0.1, 0.15) is 11.2 Å². The maximum absolute atomic E-state index is 14.1. The number of alkyl halides is 3. The molecule has 0 atom stereocenters. The van der Waals surface area contributed by atoms with Crippen molar-refractivity contribution in [1.82, 2.24) is 19.8 Å². The van der Waals surface area contributed by atoms with Crippen LogP contribution in [-0.2, 0) is 40.3 Å². The zero-order valence-corrected chi connectivity index (χ0v) is 25.7. The Hall–Kier alpha value is -2.94. The van der Waals surface area contributed by atoms with Crippen molar-refractivity contribution in [1.29, 1.82) is 0 Å². The number of hydrogen-bond donors (Lipinski definition) is 1. The Labute approximate surface area is 250 Å². The standard InChI is InChI=1S/C27H29ClF3N5O4S2/c1-26(2,3)40-25(37)36-7-8-42(38,39)22-11-20(41-21(22)14-36)23-17(27(29,30)31)12-32-24(34-23)33-19-10-15-5-6-35(4)13-16(15)9-18(19)28/h9-12H,5-8,13-14H2,1-4H3,(H,32,33,34). The molecular formula is C27H29ClF3N5O4S2. The van der Waals surface area contributed by atoms with E-state index in [2.05, 4.69) is 20.2 Å². The third-order valence-corrected chi connectivity index (χ3v) is 10.1. The maximum Gasteiger partial charge on any atom is 0.420 e. The van der Waals surface area contributed by atoms with Crippen LogP contribution in [0.1, 0.15) is 42.3 Å². The Morgan fingerprint density at radius 3 is 2.55 bits per heavy atom. The Morgan fingerprint density at radius 1 is 1.12 bits per heavy atom. The lowest BCUT2D eigenvalue weighted by molar-refractivity contribution is -0.137. The van der Waals surface area contributed by atoms with Gasteiger partial charge in [0.15, 0.2) is 9.84 Å². The van der Waals surface area contributed by atoms with Gasteiger partial charge in [-0.3, -0.25) is 0 Å². The highest BCUT2D eigenvalue weighted by molar-refractivity contribution is 7.91. The molecule has 9 nitrogen and oxygen atoms in total. The summed E-state index contributed by atoms with van der Waals surface area (Å²) in [6.07, 6.45) is -4.07. The van der Waals surface area contributed by atoms with Crippen molar-refractivity contribution in [3.05, 3.63) is 51.0 Å². The molecule has 5 rings (SSSR count). The summed E-state index contributed by atoms with van der Waals surface area (Å²) in [6.45, 7) is 6.39. The number of amides is 1. The van der Waals surface area contributed by atoms with Gasteiger partial charge in [0.2, 0.25) is 5.95 Å². The number of thiophene rings is 1. The lowest BCUT2D eigenvalue weighted by atomic mass is 9.99. The molecule has 0 unspecified atom stereocenters. The molecule has 0 bridgehead atoms. The van der Waals surface area contributed by atoms with Gasteiger partial charge in [-0.15, -0.1) is 11.3 Å². The zero-order chi connectivity index (χ0) is 30.6. The van der Waals surface area contributed by atoms with Crippen molar-refractivity contribution < 1.29 is 31.1 Å². The van der Waals surface area contributed by atoms with Crippen molar-refractivity contribution in [2.75, 3.05) is 31.2 Å². The van der Waals surface area contributed by atoms with Crippen LogP contribution in [0.2, 0.25) is 5.02 Å². The van der Waals surface area contributed by atoms with E-state index in [1.54, 1.807) is 20.8 Å². The predicted octanol–water partition coefficient (Wildman–Crippen LogP) is 6.13.